The van der Waals surface area contributed by atoms with Crippen molar-refractivity contribution in [1.29, 1.82) is 0 Å². The van der Waals surface area contributed by atoms with Crippen molar-refractivity contribution in [3.05, 3.63) is 53.1 Å². The van der Waals surface area contributed by atoms with Gasteiger partial charge < -0.3 is 5.11 Å². The second kappa shape index (κ2) is 3.95. The highest BCUT2D eigenvalue weighted by Gasteiger charge is 2.02. The molecule has 2 heteroatoms. The number of phenolic OH excluding ortho intramolecular Hbond substituents is 1. The number of halogens is 1. The first kappa shape index (κ1) is 10.1. The summed E-state index contributed by atoms with van der Waals surface area (Å²) in [6.07, 6.45) is 0. The average molecular weight is 219 g/mol. The fourth-order valence-corrected chi connectivity index (χ4v) is 1.84. The molecule has 0 aliphatic heterocycles. The first-order valence-electron chi connectivity index (χ1n) is 4.72. The molecule has 0 bridgehead atoms. The Bertz CT molecular complexity index is 474. The molecular formula is C13H11ClO. The van der Waals surface area contributed by atoms with Gasteiger partial charge in [0.1, 0.15) is 5.75 Å². The minimum absolute atomic E-state index is 0.266. The highest BCUT2D eigenvalue weighted by Crippen LogP contribution is 2.29. The van der Waals surface area contributed by atoms with Crippen molar-refractivity contribution in [2.75, 3.05) is 0 Å². The molecule has 1 nitrogen and oxygen atoms in total. The van der Waals surface area contributed by atoms with Gasteiger partial charge in [-0.1, -0.05) is 35.9 Å². The van der Waals surface area contributed by atoms with E-state index >= 15 is 0 Å². The van der Waals surface area contributed by atoms with E-state index < -0.39 is 0 Å². The maximum absolute atomic E-state index is 9.18. The predicted octanol–water partition coefficient (Wildman–Crippen LogP) is 4.02. The number of benzene rings is 2. The van der Waals surface area contributed by atoms with Crippen molar-refractivity contribution < 1.29 is 5.11 Å². The Morgan fingerprint density at radius 3 is 2.27 bits per heavy atom. The summed E-state index contributed by atoms with van der Waals surface area (Å²) in [5.41, 5.74) is 3.14. The monoisotopic (exact) mass is 218 g/mol. The molecule has 2 aromatic rings. The average Bonchev–Trinajstić information content (AvgIpc) is 2.20. The second-order valence-electron chi connectivity index (χ2n) is 3.53. The Balaban J connectivity index is 2.49. The van der Waals surface area contributed by atoms with Crippen LogP contribution in [0.1, 0.15) is 5.56 Å². The van der Waals surface area contributed by atoms with Gasteiger partial charge in [-0.25, -0.2) is 0 Å². The molecule has 2 rings (SSSR count). The molecule has 0 fully saturated rings. The molecule has 0 aromatic heterocycles. The third-order valence-electron chi connectivity index (χ3n) is 2.30. The minimum Gasteiger partial charge on any atom is -0.508 e. The van der Waals surface area contributed by atoms with E-state index in [0.717, 1.165) is 21.7 Å². The summed E-state index contributed by atoms with van der Waals surface area (Å²) in [7, 11) is 0. The van der Waals surface area contributed by atoms with Crippen molar-refractivity contribution >= 4 is 11.6 Å². The first-order valence-corrected chi connectivity index (χ1v) is 5.10. The van der Waals surface area contributed by atoms with E-state index in [0.29, 0.717) is 0 Å². The topological polar surface area (TPSA) is 20.2 Å². The Labute approximate surface area is 94.0 Å². The van der Waals surface area contributed by atoms with E-state index in [9.17, 15) is 5.11 Å². The van der Waals surface area contributed by atoms with Gasteiger partial charge in [-0.05, 0) is 36.2 Å². The number of hydrogen-bond donors (Lipinski definition) is 1. The molecule has 0 aliphatic rings. The van der Waals surface area contributed by atoms with Gasteiger partial charge >= 0.3 is 0 Å². The lowest BCUT2D eigenvalue weighted by Gasteiger charge is -2.05. The number of aromatic hydroxyl groups is 1. The van der Waals surface area contributed by atoms with Gasteiger partial charge in [0.25, 0.3) is 0 Å². The number of aryl methyl sites for hydroxylation is 1. The molecular weight excluding hydrogens is 208 g/mol. The minimum atomic E-state index is 0.266. The van der Waals surface area contributed by atoms with Gasteiger partial charge in [0.15, 0.2) is 0 Å². The first-order chi connectivity index (χ1) is 7.16. The van der Waals surface area contributed by atoms with Crippen LogP contribution in [0.15, 0.2) is 42.5 Å². The number of phenols is 1. The van der Waals surface area contributed by atoms with Crippen molar-refractivity contribution in [2.24, 2.45) is 0 Å². The Morgan fingerprint density at radius 1 is 1.00 bits per heavy atom. The molecule has 1 N–H and O–H groups in total. The molecule has 2 aromatic carbocycles. The standard InChI is InChI=1S/C13H11ClO/c1-9-2-7-12(13(14)8-9)10-3-5-11(15)6-4-10/h2-8,15H,1H3. The van der Waals surface area contributed by atoms with E-state index in [-0.39, 0.29) is 5.75 Å². The molecule has 0 amide bonds. The zero-order valence-electron chi connectivity index (χ0n) is 8.37. The highest BCUT2D eigenvalue weighted by molar-refractivity contribution is 6.33. The molecule has 0 heterocycles. The van der Waals surface area contributed by atoms with Crippen LogP contribution in [0.5, 0.6) is 5.75 Å². The van der Waals surface area contributed by atoms with E-state index in [1.54, 1.807) is 12.1 Å². The zero-order valence-corrected chi connectivity index (χ0v) is 9.12. The normalized spacial score (nSPS) is 10.3. The maximum Gasteiger partial charge on any atom is 0.115 e. The summed E-state index contributed by atoms with van der Waals surface area (Å²) in [5.74, 6) is 0.266. The molecule has 0 saturated heterocycles. The van der Waals surface area contributed by atoms with E-state index in [4.69, 9.17) is 11.6 Å². The van der Waals surface area contributed by atoms with Crippen LogP contribution in [0, 0.1) is 6.92 Å². The van der Waals surface area contributed by atoms with Gasteiger partial charge in [0.05, 0.1) is 0 Å². The van der Waals surface area contributed by atoms with Crippen LogP contribution in [0.3, 0.4) is 0 Å². The van der Waals surface area contributed by atoms with E-state index in [1.165, 1.54) is 0 Å². The van der Waals surface area contributed by atoms with Crippen molar-refractivity contribution in [1.82, 2.24) is 0 Å². The largest absolute Gasteiger partial charge is 0.508 e. The maximum atomic E-state index is 9.18. The Kier molecular flexibility index (Phi) is 2.65. The van der Waals surface area contributed by atoms with Crippen LogP contribution in [-0.2, 0) is 0 Å². The third-order valence-corrected chi connectivity index (χ3v) is 2.62. The van der Waals surface area contributed by atoms with E-state index in [1.807, 2.05) is 37.3 Å². The summed E-state index contributed by atoms with van der Waals surface area (Å²) in [4.78, 5) is 0. The highest BCUT2D eigenvalue weighted by atomic mass is 35.5. The van der Waals surface area contributed by atoms with Crippen LogP contribution >= 0.6 is 11.6 Å². The van der Waals surface area contributed by atoms with Gasteiger partial charge in [-0.2, -0.15) is 0 Å². The fourth-order valence-electron chi connectivity index (χ4n) is 1.50. The SMILES string of the molecule is Cc1ccc(-c2ccc(O)cc2)c(Cl)c1. The smallest absolute Gasteiger partial charge is 0.115 e. The summed E-state index contributed by atoms with van der Waals surface area (Å²) in [5, 5.41) is 9.92. The van der Waals surface area contributed by atoms with Crippen LogP contribution in [0.4, 0.5) is 0 Å². The van der Waals surface area contributed by atoms with Gasteiger partial charge in [0.2, 0.25) is 0 Å². The van der Waals surface area contributed by atoms with Crippen molar-refractivity contribution in [3.63, 3.8) is 0 Å². The molecule has 15 heavy (non-hydrogen) atoms. The molecule has 0 spiro atoms. The Morgan fingerprint density at radius 2 is 1.67 bits per heavy atom. The summed E-state index contributed by atoms with van der Waals surface area (Å²) < 4.78 is 0. The third kappa shape index (κ3) is 2.13. The van der Waals surface area contributed by atoms with Gasteiger partial charge in [-0.3, -0.25) is 0 Å². The predicted molar refractivity (Wildman–Crippen MR) is 63.3 cm³/mol. The summed E-state index contributed by atoms with van der Waals surface area (Å²) >= 11 is 6.14. The van der Waals surface area contributed by atoms with Crippen molar-refractivity contribution in [2.45, 2.75) is 6.92 Å². The van der Waals surface area contributed by atoms with Gasteiger partial charge in [0, 0.05) is 10.6 Å². The van der Waals surface area contributed by atoms with Crippen LogP contribution in [-0.4, -0.2) is 5.11 Å². The second-order valence-corrected chi connectivity index (χ2v) is 3.94. The van der Waals surface area contributed by atoms with Crippen molar-refractivity contribution in [3.8, 4) is 16.9 Å². The lowest BCUT2D eigenvalue weighted by atomic mass is 10.0. The number of rotatable bonds is 1. The quantitative estimate of drug-likeness (QED) is 0.767. The Hall–Kier alpha value is -1.47. The lowest BCUT2D eigenvalue weighted by Crippen LogP contribution is -1.80. The number of hydrogen-bond acceptors (Lipinski definition) is 1. The van der Waals surface area contributed by atoms with Crippen LogP contribution < -0.4 is 0 Å². The molecule has 0 atom stereocenters. The molecule has 76 valence electrons. The molecule has 0 radical (unpaired) electrons. The van der Waals surface area contributed by atoms with Gasteiger partial charge in [-0.15, -0.1) is 0 Å². The molecule has 0 aliphatic carbocycles. The molecule has 0 saturated carbocycles. The summed E-state index contributed by atoms with van der Waals surface area (Å²) in [6, 6.07) is 13.0. The fraction of sp³-hybridized carbons (Fsp3) is 0.0769. The zero-order chi connectivity index (χ0) is 10.8. The van der Waals surface area contributed by atoms with E-state index in [2.05, 4.69) is 0 Å². The summed E-state index contributed by atoms with van der Waals surface area (Å²) in [6.45, 7) is 2.01. The van der Waals surface area contributed by atoms with Crippen LogP contribution in [0.25, 0.3) is 11.1 Å². The lowest BCUT2D eigenvalue weighted by molar-refractivity contribution is 0.475. The molecule has 0 unspecified atom stereocenters. The van der Waals surface area contributed by atoms with Crippen LogP contribution in [0.2, 0.25) is 5.02 Å².